The highest BCUT2D eigenvalue weighted by Gasteiger charge is 2.28. The minimum absolute atomic E-state index is 0.201. The molecule has 104 valence electrons. The average Bonchev–Trinajstić information content (AvgIpc) is 2.35. The van der Waals surface area contributed by atoms with E-state index in [9.17, 15) is 13.2 Å². The Morgan fingerprint density at radius 1 is 1.16 bits per heavy atom. The minimum Gasteiger partial charge on any atom is -0.490 e. The fraction of sp³-hybridized carbons (Fsp3) is 0.385. The van der Waals surface area contributed by atoms with E-state index in [-0.39, 0.29) is 6.61 Å². The minimum atomic E-state index is -4.64. The molecule has 0 bridgehead atoms. The van der Waals surface area contributed by atoms with Gasteiger partial charge in [-0.3, -0.25) is 4.74 Å². The molecule has 6 heteroatoms. The predicted molar refractivity (Wildman–Crippen MR) is 66.2 cm³/mol. The summed E-state index contributed by atoms with van der Waals surface area (Å²) in [6, 6.07) is 6.84. The molecule has 1 aromatic rings. The quantitative estimate of drug-likeness (QED) is 0.469. The van der Waals surface area contributed by atoms with Gasteiger partial charge in [-0.2, -0.15) is 0 Å². The first kappa shape index (κ1) is 15.7. The first-order valence-electron chi connectivity index (χ1n) is 5.50. The van der Waals surface area contributed by atoms with Crippen molar-refractivity contribution in [2.24, 2.45) is 0 Å². The van der Waals surface area contributed by atoms with E-state index >= 15 is 0 Å². The maximum atomic E-state index is 11.8. The van der Waals surface area contributed by atoms with Crippen LogP contribution in [-0.2, 0) is 4.74 Å². The van der Waals surface area contributed by atoms with Gasteiger partial charge in [-0.05, 0) is 12.1 Å². The number of hydrogen-bond acceptors (Lipinski definition) is 2. The Kier molecular flexibility index (Phi) is 6.54. The van der Waals surface area contributed by atoms with Gasteiger partial charge >= 0.3 is 6.36 Å². The van der Waals surface area contributed by atoms with Gasteiger partial charge in [0.05, 0.1) is 12.2 Å². The van der Waals surface area contributed by atoms with Gasteiger partial charge < -0.3 is 4.74 Å². The van der Waals surface area contributed by atoms with Crippen molar-refractivity contribution < 1.29 is 22.6 Å². The Morgan fingerprint density at radius 2 is 1.89 bits per heavy atom. The summed E-state index contributed by atoms with van der Waals surface area (Å²) in [5, 5.41) is 0. The molecule has 0 saturated carbocycles. The molecule has 0 fully saturated rings. The number of hydrogen-bond donors (Lipinski definition) is 0. The Hall–Kier alpha value is -1.38. The van der Waals surface area contributed by atoms with Crippen LogP contribution < -0.4 is 4.74 Å². The fourth-order valence-corrected chi connectivity index (χ4v) is 1.30. The molecule has 0 aliphatic rings. The van der Waals surface area contributed by atoms with Crippen LogP contribution in [0.5, 0.6) is 5.75 Å². The first-order chi connectivity index (χ1) is 9.03. The second kappa shape index (κ2) is 7.93. The first-order valence-corrected chi connectivity index (χ1v) is 6.04. The zero-order valence-corrected chi connectivity index (χ0v) is 10.7. The lowest BCUT2D eigenvalue weighted by Crippen LogP contribution is -2.18. The predicted octanol–water partition coefficient (Wildman–Crippen LogP) is 3.58. The maximum Gasteiger partial charge on any atom is 0.522 e. The molecule has 0 radical (unpaired) electrons. The summed E-state index contributed by atoms with van der Waals surface area (Å²) >= 11 is 5.50. The fourth-order valence-electron chi connectivity index (χ4n) is 1.21. The number of alkyl halides is 4. The summed E-state index contributed by atoms with van der Waals surface area (Å²) in [6.07, 6.45) is -4.10. The molecule has 0 amide bonds. The second-order valence-corrected chi connectivity index (χ2v) is 3.76. The van der Waals surface area contributed by atoms with E-state index < -0.39 is 13.0 Å². The van der Waals surface area contributed by atoms with E-state index in [4.69, 9.17) is 16.3 Å². The third kappa shape index (κ3) is 6.94. The highest BCUT2D eigenvalue weighted by Crippen LogP contribution is 2.18. The Morgan fingerprint density at radius 3 is 2.58 bits per heavy atom. The van der Waals surface area contributed by atoms with Crippen molar-refractivity contribution in [2.45, 2.75) is 12.8 Å². The van der Waals surface area contributed by atoms with Gasteiger partial charge in [0.25, 0.3) is 0 Å². The van der Waals surface area contributed by atoms with Gasteiger partial charge in [0, 0.05) is 12.3 Å². The SMILES string of the molecule is FC(F)(F)OCCOc1ccccc1C#CCCCl. The van der Waals surface area contributed by atoms with Crippen LogP contribution in [0.15, 0.2) is 24.3 Å². The van der Waals surface area contributed by atoms with Crippen molar-refractivity contribution in [2.75, 3.05) is 19.1 Å². The van der Waals surface area contributed by atoms with Crippen molar-refractivity contribution in [3.8, 4) is 17.6 Å². The molecular formula is C13H12ClF3O2. The van der Waals surface area contributed by atoms with Crippen LogP contribution in [0.3, 0.4) is 0 Å². The van der Waals surface area contributed by atoms with Crippen LogP contribution in [0.2, 0.25) is 0 Å². The van der Waals surface area contributed by atoms with Crippen molar-refractivity contribution in [3.63, 3.8) is 0 Å². The van der Waals surface area contributed by atoms with E-state index in [2.05, 4.69) is 16.6 Å². The molecule has 0 spiro atoms. The molecule has 2 nitrogen and oxygen atoms in total. The Labute approximate surface area is 114 Å². The molecule has 0 N–H and O–H groups in total. The number of halogens is 4. The molecule has 0 aromatic heterocycles. The van der Waals surface area contributed by atoms with Crippen LogP contribution in [0.4, 0.5) is 13.2 Å². The monoisotopic (exact) mass is 292 g/mol. The van der Waals surface area contributed by atoms with E-state index in [1.54, 1.807) is 24.3 Å². The zero-order chi connectivity index (χ0) is 14.1. The van der Waals surface area contributed by atoms with E-state index in [0.29, 0.717) is 23.6 Å². The number of para-hydroxylation sites is 1. The average molecular weight is 293 g/mol. The summed E-state index contributed by atoms with van der Waals surface area (Å²) < 4.78 is 44.1. The van der Waals surface area contributed by atoms with E-state index in [0.717, 1.165) is 0 Å². The van der Waals surface area contributed by atoms with E-state index in [1.165, 1.54) is 0 Å². The van der Waals surface area contributed by atoms with Crippen molar-refractivity contribution in [3.05, 3.63) is 29.8 Å². The summed E-state index contributed by atoms with van der Waals surface area (Å²) in [4.78, 5) is 0. The molecule has 0 aliphatic carbocycles. The molecule has 0 heterocycles. The van der Waals surface area contributed by atoms with Crippen LogP contribution in [0, 0.1) is 11.8 Å². The van der Waals surface area contributed by atoms with Crippen LogP contribution in [0.1, 0.15) is 12.0 Å². The van der Waals surface area contributed by atoms with Gasteiger partial charge in [-0.1, -0.05) is 24.0 Å². The molecule has 0 unspecified atom stereocenters. The molecule has 1 aromatic carbocycles. The number of ether oxygens (including phenoxy) is 2. The smallest absolute Gasteiger partial charge is 0.490 e. The van der Waals surface area contributed by atoms with E-state index in [1.807, 2.05) is 0 Å². The van der Waals surface area contributed by atoms with Gasteiger partial charge in [0.15, 0.2) is 0 Å². The summed E-state index contributed by atoms with van der Waals surface area (Å²) in [5.74, 6) is 6.53. The molecular weight excluding hydrogens is 281 g/mol. The molecule has 19 heavy (non-hydrogen) atoms. The highest BCUT2D eigenvalue weighted by molar-refractivity contribution is 6.18. The number of rotatable bonds is 5. The van der Waals surface area contributed by atoms with Gasteiger partial charge in [0.1, 0.15) is 12.4 Å². The summed E-state index contributed by atoms with van der Waals surface area (Å²) in [5.41, 5.74) is 0.611. The van der Waals surface area contributed by atoms with Gasteiger partial charge in [-0.25, -0.2) is 0 Å². The summed E-state index contributed by atoms with van der Waals surface area (Å²) in [6.45, 7) is -0.763. The summed E-state index contributed by atoms with van der Waals surface area (Å²) in [7, 11) is 0. The Balaban J connectivity index is 2.52. The Bertz CT molecular complexity index is 449. The molecule has 0 saturated heterocycles. The lowest BCUT2D eigenvalue weighted by molar-refractivity contribution is -0.325. The second-order valence-electron chi connectivity index (χ2n) is 3.38. The topological polar surface area (TPSA) is 18.5 Å². The molecule has 1 rings (SSSR count). The van der Waals surface area contributed by atoms with Crippen LogP contribution >= 0.6 is 11.6 Å². The van der Waals surface area contributed by atoms with Crippen molar-refractivity contribution in [1.29, 1.82) is 0 Å². The van der Waals surface area contributed by atoms with Crippen molar-refractivity contribution in [1.82, 2.24) is 0 Å². The normalized spacial score (nSPS) is 10.7. The van der Waals surface area contributed by atoms with Gasteiger partial charge in [-0.15, -0.1) is 24.8 Å². The van der Waals surface area contributed by atoms with Crippen LogP contribution in [0.25, 0.3) is 0 Å². The lowest BCUT2D eigenvalue weighted by atomic mass is 10.2. The van der Waals surface area contributed by atoms with Crippen molar-refractivity contribution >= 4 is 11.6 Å². The molecule has 0 aliphatic heterocycles. The zero-order valence-electron chi connectivity index (χ0n) is 9.97. The molecule has 0 atom stereocenters. The lowest BCUT2D eigenvalue weighted by Gasteiger charge is -2.10. The third-order valence-electron chi connectivity index (χ3n) is 1.94. The third-order valence-corrected chi connectivity index (χ3v) is 2.13. The highest BCUT2D eigenvalue weighted by atomic mass is 35.5. The number of benzene rings is 1. The standard InChI is InChI=1S/C13H12ClF3O2/c14-8-4-3-6-11-5-1-2-7-12(11)18-9-10-19-13(15,16)17/h1-2,5,7H,4,8-10H2. The van der Waals surface area contributed by atoms with Gasteiger partial charge in [0.2, 0.25) is 0 Å². The largest absolute Gasteiger partial charge is 0.522 e. The maximum absolute atomic E-state index is 11.8. The van der Waals surface area contributed by atoms with Crippen LogP contribution in [-0.4, -0.2) is 25.5 Å².